The maximum Gasteiger partial charge on any atom is 0.291 e. The number of nitrogens with zero attached hydrogens (tertiary/aromatic N) is 2. The molecule has 1 aromatic heterocycles. The molecule has 0 aliphatic heterocycles. The van der Waals surface area contributed by atoms with Gasteiger partial charge in [0.25, 0.3) is 5.09 Å². The molecule has 0 amide bonds. The molecular formula is C16H23Cl2N3O4. The molecule has 2 rings (SSSR count). The Bertz CT molecular complexity index is 640. The van der Waals surface area contributed by atoms with Gasteiger partial charge in [-0.1, -0.05) is 30.9 Å². The van der Waals surface area contributed by atoms with Crippen LogP contribution in [0, 0.1) is 10.1 Å². The van der Waals surface area contributed by atoms with E-state index in [2.05, 4.69) is 10.3 Å². The molecule has 3 N–H and O–H groups in total. The van der Waals surface area contributed by atoms with Crippen molar-refractivity contribution in [2.75, 3.05) is 18.5 Å². The van der Waals surface area contributed by atoms with Gasteiger partial charge in [0.15, 0.2) is 0 Å². The number of nitrogens with one attached hydrogen (secondary N) is 1. The predicted molar refractivity (Wildman–Crippen MR) is 101 cm³/mol. The molecule has 140 valence electrons. The zero-order chi connectivity index (χ0) is 17.8. The van der Waals surface area contributed by atoms with Gasteiger partial charge in [-0.2, -0.15) is 0 Å². The maximum absolute atomic E-state index is 8.71. The number of pyridine rings is 1. The predicted octanol–water partition coefficient (Wildman–Crippen LogP) is 4.32. The summed E-state index contributed by atoms with van der Waals surface area (Å²) in [4.78, 5) is 12.7. The second-order valence-corrected chi connectivity index (χ2v) is 5.61. The summed E-state index contributed by atoms with van der Waals surface area (Å²) in [6, 6.07) is 7.79. The first-order valence-electron chi connectivity index (χ1n) is 7.77. The number of aliphatic hydroxyl groups is 1. The van der Waals surface area contributed by atoms with Crippen molar-refractivity contribution in [2.24, 2.45) is 0 Å². The van der Waals surface area contributed by atoms with Crippen LogP contribution in [0.3, 0.4) is 0 Å². The third-order valence-electron chi connectivity index (χ3n) is 3.36. The van der Waals surface area contributed by atoms with Gasteiger partial charge in [0.1, 0.15) is 0 Å². The van der Waals surface area contributed by atoms with E-state index in [1.165, 1.54) is 12.8 Å². The van der Waals surface area contributed by atoms with Crippen LogP contribution in [0.4, 0.5) is 5.69 Å². The van der Waals surface area contributed by atoms with Crippen LogP contribution < -0.4 is 5.32 Å². The van der Waals surface area contributed by atoms with Gasteiger partial charge in [0.2, 0.25) is 0 Å². The van der Waals surface area contributed by atoms with Gasteiger partial charge >= 0.3 is 0 Å². The highest BCUT2D eigenvalue weighted by Crippen LogP contribution is 2.24. The van der Waals surface area contributed by atoms with Crippen LogP contribution in [-0.4, -0.2) is 33.5 Å². The molecule has 0 saturated heterocycles. The summed E-state index contributed by atoms with van der Waals surface area (Å²) in [6.45, 7) is 1.27. The summed E-state index contributed by atoms with van der Waals surface area (Å²) in [5.41, 5.74) is 2.03. The van der Waals surface area contributed by atoms with E-state index in [1.807, 2.05) is 30.5 Å². The molecule has 1 aromatic carbocycles. The number of aromatic nitrogens is 1. The highest BCUT2D eigenvalue weighted by atomic mass is 35.5. The largest absolute Gasteiger partial charge is 0.396 e. The highest BCUT2D eigenvalue weighted by molar-refractivity contribution is 6.31. The fourth-order valence-electron chi connectivity index (χ4n) is 2.27. The Kier molecular flexibility index (Phi) is 12.5. The molecule has 0 bridgehead atoms. The number of unbranched alkanes of at least 4 members (excludes halogenated alkanes) is 4. The molecule has 7 nitrogen and oxygen atoms in total. The lowest BCUT2D eigenvalue weighted by Crippen LogP contribution is -2.02. The monoisotopic (exact) mass is 391 g/mol. The Balaban J connectivity index is 0.00000104. The molecule has 0 aliphatic carbocycles. The van der Waals surface area contributed by atoms with Crippen molar-refractivity contribution in [3.63, 3.8) is 0 Å². The molecule has 0 fully saturated rings. The lowest BCUT2D eigenvalue weighted by atomic mass is 10.1. The molecule has 0 atom stereocenters. The summed E-state index contributed by atoms with van der Waals surface area (Å²) in [6.07, 6.45) is 7.37. The summed E-state index contributed by atoms with van der Waals surface area (Å²) >= 11 is 5.98. The summed E-state index contributed by atoms with van der Waals surface area (Å²) < 4.78 is 0. The van der Waals surface area contributed by atoms with Crippen molar-refractivity contribution in [2.45, 2.75) is 32.1 Å². The summed E-state index contributed by atoms with van der Waals surface area (Å²) in [5.74, 6) is 0. The van der Waals surface area contributed by atoms with Gasteiger partial charge in [0, 0.05) is 35.4 Å². The normalized spacial score (nSPS) is 9.68. The Hall–Kier alpha value is -1.83. The van der Waals surface area contributed by atoms with Gasteiger partial charge in [-0.05, 0) is 37.1 Å². The van der Waals surface area contributed by atoms with Crippen molar-refractivity contribution in [1.29, 1.82) is 0 Å². The van der Waals surface area contributed by atoms with Crippen molar-refractivity contribution < 1.29 is 15.4 Å². The van der Waals surface area contributed by atoms with Crippen LogP contribution >= 0.6 is 24.0 Å². The zero-order valence-corrected chi connectivity index (χ0v) is 15.3. The number of aliphatic hydroxyl groups excluding tert-OH is 1. The Morgan fingerprint density at radius 3 is 2.48 bits per heavy atom. The van der Waals surface area contributed by atoms with E-state index in [0.717, 1.165) is 42.4 Å². The molecule has 0 spiro atoms. The fourth-order valence-corrected chi connectivity index (χ4v) is 2.43. The maximum atomic E-state index is 8.71. The lowest BCUT2D eigenvalue weighted by Gasteiger charge is -2.09. The van der Waals surface area contributed by atoms with E-state index < -0.39 is 5.09 Å². The minimum Gasteiger partial charge on any atom is -0.396 e. The molecular weight excluding hydrogens is 369 g/mol. The number of rotatable bonds is 8. The average Bonchev–Trinajstić information content (AvgIpc) is 2.53. The van der Waals surface area contributed by atoms with E-state index in [-0.39, 0.29) is 12.4 Å². The molecule has 0 radical (unpaired) electrons. The van der Waals surface area contributed by atoms with Crippen molar-refractivity contribution >= 4 is 40.6 Å². The standard InChI is InChI=1S/C16H21ClN2O.ClH.HNO3/c17-13-6-7-14-15(8-10-19-16(14)12-13)18-9-4-2-1-3-5-11-20;;2-1(3)4/h6-8,10,12,20H,1-5,9,11H2,(H,18,19);1H;(H,2,3,4). The number of hydrogen-bond acceptors (Lipinski definition) is 5. The molecule has 2 aromatic rings. The molecule has 1 heterocycles. The third-order valence-corrected chi connectivity index (χ3v) is 3.59. The van der Waals surface area contributed by atoms with Gasteiger partial charge in [-0.3, -0.25) is 4.98 Å². The quantitative estimate of drug-likeness (QED) is 0.351. The van der Waals surface area contributed by atoms with E-state index >= 15 is 0 Å². The van der Waals surface area contributed by atoms with Gasteiger partial charge in [-0.15, -0.1) is 22.5 Å². The van der Waals surface area contributed by atoms with E-state index in [0.29, 0.717) is 11.6 Å². The van der Waals surface area contributed by atoms with Crippen LogP contribution in [0.15, 0.2) is 30.5 Å². The number of fused-ring (bicyclic) bond motifs is 1. The molecule has 0 unspecified atom stereocenters. The SMILES string of the molecule is Cl.O=[N+]([O-])O.OCCCCCCCNc1ccnc2cc(Cl)ccc12. The first-order chi connectivity index (χ1) is 11.5. The van der Waals surface area contributed by atoms with E-state index in [9.17, 15) is 0 Å². The van der Waals surface area contributed by atoms with Crippen molar-refractivity contribution in [3.05, 3.63) is 45.6 Å². The van der Waals surface area contributed by atoms with Crippen molar-refractivity contribution in [1.82, 2.24) is 4.98 Å². The van der Waals surface area contributed by atoms with Gasteiger partial charge in [-0.25, -0.2) is 0 Å². The molecule has 0 saturated carbocycles. The van der Waals surface area contributed by atoms with Crippen LogP contribution in [-0.2, 0) is 0 Å². The second kappa shape index (κ2) is 13.5. The number of halogens is 2. The smallest absolute Gasteiger partial charge is 0.291 e. The van der Waals surface area contributed by atoms with Crippen LogP contribution in [0.2, 0.25) is 5.02 Å². The number of hydrogen-bond donors (Lipinski definition) is 3. The Labute approximate surface area is 157 Å². The van der Waals surface area contributed by atoms with Crippen LogP contribution in [0.1, 0.15) is 32.1 Å². The first kappa shape index (κ1) is 23.2. The zero-order valence-electron chi connectivity index (χ0n) is 13.7. The van der Waals surface area contributed by atoms with E-state index in [4.69, 9.17) is 32.0 Å². The average molecular weight is 392 g/mol. The fraction of sp³-hybridized carbons (Fsp3) is 0.438. The number of anilines is 1. The lowest BCUT2D eigenvalue weighted by molar-refractivity contribution is -0.742. The van der Waals surface area contributed by atoms with Crippen LogP contribution in [0.25, 0.3) is 10.9 Å². The third kappa shape index (κ3) is 9.91. The Morgan fingerprint density at radius 2 is 1.80 bits per heavy atom. The van der Waals surface area contributed by atoms with E-state index in [1.54, 1.807) is 0 Å². The highest BCUT2D eigenvalue weighted by Gasteiger charge is 2.02. The number of benzene rings is 1. The summed E-state index contributed by atoms with van der Waals surface area (Å²) in [5, 5.41) is 27.6. The minimum atomic E-state index is -1.50. The molecule has 9 heteroatoms. The van der Waals surface area contributed by atoms with Gasteiger partial charge in [0.05, 0.1) is 5.52 Å². The van der Waals surface area contributed by atoms with Crippen molar-refractivity contribution in [3.8, 4) is 0 Å². The minimum absolute atomic E-state index is 0. The Morgan fingerprint density at radius 1 is 1.16 bits per heavy atom. The van der Waals surface area contributed by atoms with Gasteiger partial charge < -0.3 is 15.6 Å². The molecule has 0 aliphatic rings. The second-order valence-electron chi connectivity index (χ2n) is 5.18. The first-order valence-corrected chi connectivity index (χ1v) is 8.14. The van der Waals surface area contributed by atoms with Crippen LogP contribution in [0.5, 0.6) is 0 Å². The topological polar surface area (TPSA) is 109 Å². The summed E-state index contributed by atoms with van der Waals surface area (Å²) in [7, 11) is 0. The molecule has 25 heavy (non-hydrogen) atoms.